The second-order valence-electron chi connectivity index (χ2n) is 4.77. The molecule has 0 atom stereocenters. The van der Waals surface area contributed by atoms with Crippen LogP contribution in [0.2, 0.25) is 5.15 Å². The van der Waals surface area contributed by atoms with Crippen LogP contribution in [0.3, 0.4) is 0 Å². The fraction of sp³-hybridized carbons (Fsp3) is 0.333. The molecule has 0 aliphatic rings. The second kappa shape index (κ2) is 6.09. The maximum atomic E-state index is 12.2. The van der Waals surface area contributed by atoms with Crippen molar-refractivity contribution in [1.29, 1.82) is 0 Å². The Morgan fingerprint density at radius 3 is 2.70 bits per heavy atom. The number of hydrogen-bond donors (Lipinski definition) is 1. The molecule has 0 bridgehead atoms. The Hall–Kier alpha value is -1.81. The third kappa shape index (κ3) is 3.02. The van der Waals surface area contributed by atoms with Gasteiger partial charge in [0, 0.05) is 6.54 Å². The smallest absolute Gasteiger partial charge is 0.297 e. The van der Waals surface area contributed by atoms with E-state index in [4.69, 9.17) is 11.6 Å². The summed E-state index contributed by atoms with van der Waals surface area (Å²) in [7, 11) is 0. The summed E-state index contributed by atoms with van der Waals surface area (Å²) in [4.78, 5) is 26.5. The number of rotatable bonds is 4. The highest BCUT2D eigenvalue weighted by Crippen LogP contribution is 2.07. The van der Waals surface area contributed by atoms with Gasteiger partial charge in [0.1, 0.15) is 5.15 Å². The van der Waals surface area contributed by atoms with Crippen LogP contribution >= 0.6 is 11.6 Å². The van der Waals surface area contributed by atoms with Crippen LogP contribution in [0.1, 0.15) is 23.6 Å². The van der Waals surface area contributed by atoms with Crippen molar-refractivity contribution in [2.75, 3.05) is 0 Å². The molecule has 0 radical (unpaired) electrons. The molecule has 5 heteroatoms. The van der Waals surface area contributed by atoms with Crippen molar-refractivity contribution in [3.8, 4) is 0 Å². The van der Waals surface area contributed by atoms with Crippen molar-refractivity contribution in [3.63, 3.8) is 0 Å². The fourth-order valence-corrected chi connectivity index (χ4v) is 2.50. The molecule has 106 valence electrons. The molecule has 0 saturated carbocycles. The van der Waals surface area contributed by atoms with E-state index in [0.29, 0.717) is 24.9 Å². The second-order valence-corrected chi connectivity index (χ2v) is 5.15. The van der Waals surface area contributed by atoms with Gasteiger partial charge in [0.25, 0.3) is 5.56 Å². The molecule has 0 saturated heterocycles. The summed E-state index contributed by atoms with van der Waals surface area (Å²) in [5, 5.41) is 0.148. The summed E-state index contributed by atoms with van der Waals surface area (Å²) in [6, 6.07) is 8.02. The fourth-order valence-electron chi connectivity index (χ4n) is 2.20. The summed E-state index contributed by atoms with van der Waals surface area (Å²) in [6.45, 7) is 4.20. The molecule has 0 spiro atoms. The number of halogens is 1. The van der Waals surface area contributed by atoms with Crippen LogP contribution in [-0.2, 0) is 19.4 Å². The molecule has 4 nitrogen and oxygen atoms in total. The van der Waals surface area contributed by atoms with Gasteiger partial charge in [-0.25, -0.2) is 4.79 Å². The maximum Gasteiger partial charge on any atom is 0.329 e. The summed E-state index contributed by atoms with van der Waals surface area (Å²) < 4.78 is 1.22. The van der Waals surface area contributed by atoms with Crippen LogP contribution in [0, 0.1) is 6.92 Å². The topological polar surface area (TPSA) is 54.9 Å². The highest BCUT2D eigenvalue weighted by Gasteiger charge is 2.10. The Morgan fingerprint density at radius 1 is 1.30 bits per heavy atom. The summed E-state index contributed by atoms with van der Waals surface area (Å²) in [5.41, 5.74) is 1.97. The monoisotopic (exact) mass is 292 g/mol. The SMILES string of the molecule is CCc1c(Cl)[nH]c(=O)n(CCc2cccc(C)c2)c1=O. The van der Waals surface area contributed by atoms with Gasteiger partial charge in [0.2, 0.25) is 0 Å². The first kappa shape index (κ1) is 14.6. The number of aryl methyl sites for hydroxylation is 2. The molecule has 0 aliphatic heterocycles. The van der Waals surface area contributed by atoms with Crippen LogP contribution in [0.25, 0.3) is 0 Å². The highest BCUT2D eigenvalue weighted by molar-refractivity contribution is 6.30. The van der Waals surface area contributed by atoms with Crippen molar-refractivity contribution < 1.29 is 0 Å². The van der Waals surface area contributed by atoms with Crippen molar-refractivity contribution in [1.82, 2.24) is 9.55 Å². The van der Waals surface area contributed by atoms with Crippen molar-refractivity contribution in [2.45, 2.75) is 33.2 Å². The Kier molecular flexibility index (Phi) is 4.45. The minimum Gasteiger partial charge on any atom is -0.297 e. The Morgan fingerprint density at radius 2 is 2.05 bits per heavy atom. The van der Waals surface area contributed by atoms with Crippen LogP contribution in [0.15, 0.2) is 33.9 Å². The largest absolute Gasteiger partial charge is 0.329 e. The molecule has 1 N–H and O–H groups in total. The lowest BCUT2D eigenvalue weighted by Gasteiger charge is -2.08. The van der Waals surface area contributed by atoms with E-state index in [9.17, 15) is 9.59 Å². The molecule has 2 aromatic rings. The molecule has 0 aliphatic carbocycles. The zero-order chi connectivity index (χ0) is 14.7. The minimum atomic E-state index is -0.454. The number of nitrogens with zero attached hydrogens (tertiary/aromatic N) is 1. The highest BCUT2D eigenvalue weighted by atomic mass is 35.5. The van der Waals surface area contributed by atoms with Gasteiger partial charge in [-0.1, -0.05) is 48.4 Å². The molecular formula is C15H17ClN2O2. The minimum absolute atomic E-state index is 0.148. The van der Waals surface area contributed by atoms with E-state index in [1.165, 1.54) is 4.57 Å². The third-order valence-electron chi connectivity index (χ3n) is 3.29. The lowest BCUT2D eigenvalue weighted by atomic mass is 10.1. The van der Waals surface area contributed by atoms with Gasteiger partial charge < -0.3 is 0 Å². The zero-order valence-electron chi connectivity index (χ0n) is 11.6. The molecule has 1 aromatic heterocycles. The van der Waals surface area contributed by atoms with Gasteiger partial charge in [-0.2, -0.15) is 0 Å². The number of aromatic amines is 1. The average Bonchev–Trinajstić information content (AvgIpc) is 2.38. The van der Waals surface area contributed by atoms with Gasteiger partial charge in [-0.3, -0.25) is 14.3 Å². The van der Waals surface area contributed by atoms with E-state index in [0.717, 1.165) is 11.1 Å². The maximum absolute atomic E-state index is 12.2. The summed E-state index contributed by atoms with van der Waals surface area (Å²) in [6.07, 6.45) is 1.13. The normalized spacial score (nSPS) is 10.8. The van der Waals surface area contributed by atoms with E-state index in [1.54, 1.807) is 0 Å². The summed E-state index contributed by atoms with van der Waals surface area (Å²) in [5.74, 6) is 0. The first-order chi connectivity index (χ1) is 9.52. The third-order valence-corrected chi connectivity index (χ3v) is 3.61. The number of H-pyrrole nitrogens is 1. The van der Waals surface area contributed by atoms with Crippen LogP contribution in [-0.4, -0.2) is 9.55 Å². The molecular weight excluding hydrogens is 276 g/mol. The Labute approximate surface area is 122 Å². The van der Waals surface area contributed by atoms with E-state index < -0.39 is 5.69 Å². The molecule has 0 fully saturated rings. The molecule has 1 aromatic carbocycles. The van der Waals surface area contributed by atoms with Crippen molar-refractivity contribution in [2.24, 2.45) is 0 Å². The first-order valence-electron chi connectivity index (χ1n) is 6.60. The van der Waals surface area contributed by atoms with Crippen molar-refractivity contribution >= 4 is 11.6 Å². The van der Waals surface area contributed by atoms with Crippen molar-refractivity contribution in [3.05, 3.63) is 66.9 Å². The number of aromatic nitrogens is 2. The van der Waals surface area contributed by atoms with E-state index in [1.807, 2.05) is 32.0 Å². The van der Waals surface area contributed by atoms with Gasteiger partial charge >= 0.3 is 5.69 Å². The van der Waals surface area contributed by atoms with Crippen LogP contribution in [0.4, 0.5) is 0 Å². The first-order valence-corrected chi connectivity index (χ1v) is 6.97. The quantitative estimate of drug-likeness (QED) is 0.879. The Bertz CT molecular complexity index is 731. The summed E-state index contributed by atoms with van der Waals surface area (Å²) >= 11 is 5.88. The molecule has 20 heavy (non-hydrogen) atoms. The standard InChI is InChI=1S/C15H17ClN2O2/c1-3-12-13(16)17-15(20)18(14(12)19)8-7-11-6-4-5-10(2)9-11/h4-6,9H,3,7-8H2,1-2H3,(H,17,20). The molecule has 0 amide bonds. The van der Waals surface area contributed by atoms with Gasteiger partial charge in [-0.15, -0.1) is 0 Å². The lowest BCUT2D eigenvalue weighted by molar-refractivity contribution is 0.619. The average molecular weight is 293 g/mol. The predicted octanol–water partition coefficient (Wildman–Crippen LogP) is 2.30. The van der Waals surface area contributed by atoms with E-state index in [2.05, 4.69) is 11.1 Å². The van der Waals surface area contributed by atoms with Crippen LogP contribution in [0.5, 0.6) is 0 Å². The zero-order valence-corrected chi connectivity index (χ0v) is 12.3. The van der Waals surface area contributed by atoms with Gasteiger partial charge in [0.15, 0.2) is 0 Å². The molecule has 2 rings (SSSR count). The number of benzene rings is 1. The Balaban J connectivity index is 2.31. The molecule has 1 heterocycles. The molecule has 0 unspecified atom stereocenters. The number of nitrogens with one attached hydrogen (secondary N) is 1. The van der Waals surface area contributed by atoms with Gasteiger partial charge in [0.05, 0.1) is 5.56 Å². The van der Waals surface area contributed by atoms with Crippen LogP contribution < -0.4 is 11.2 Å². The van der Waals surface area contributed by atoms with E-state index in [-0.39, 0.29) is 10.7 Å². The number of hydrogen-bond acceptors (Lipinski definition) is 2. The van der Waals surface area contributed by atoms with E-state index >= 15 is 0 Å². The lowest BCUT2D eigenvalue weighted by Crippen LogP contribution is -2.37. The van der Waals surface area contributed by atoms with Gasteiger partial charge in [-0.05, 0) is 25.3 Å². The predicted molar refractivity (Wildman–Crippen MR) is 80.6 cm³/mol.